The third-order valence-electron chi connectivity index (χ3n) is 3.38. The number of aromatic nitrogens is 1. The zero-order chi connectivity index (χ0) is 16.3. The zero-order valence-corrected chi connectivity index (χ0v) is 12.8. The minimum atomic E-state index is -3.83. The van der Waals surface area contributed by atoms with Gasteiger partial charge in [0, 0.05) is 19.4 Å². The second-order valence-electron chi connectivity index (χ2n) is 5.17. The lowest BCUT2D eigenvalue weighted by Gasteiger charge is -2.19. The maximum absolute atomic E-state index is 12.2. The molecule has 0 radical (unpaired) electrons. The number of nitrogens with one attached hydrogen (secondary N) is 1. The first-order chi connectivity index (χ1) is 10.3. The highest BCUT2D eigenvalue weighted by Crippen LogP contribution is 2.32. The number of carboxylic acid groups (broad SMARTS) is 1. The number of carbonyl (C=O) groups excluding carboxylic acids is 1. The molecule has 1 atom stereocenters. The fraction of sp³-hybridized carbons (Fsp3) is 0.462. The minimum absolute atomic E-state index is 0.0257. The Kier molecular flexibility index (Phi) is 4.77. The number of rotatable bonds is 7. The van der Waals surface area contributed by atoms with Gasteiger partial charge in [0.25, 0.3) is 0 Å². The molecular formula is C13H17N3O5S. The Balaban J connectivity index is 2.00. The van der Waals surface area contributed by atoms with Crippen LogP contribution >= 0.6 is 0 Å². The van der Waals surface area contributed by atoms with Gasteiger partial charge in [-0.2, -0.15) is 4.31 Å². The van der Waals surface area contributed by atoms with Crippen LogP contribution in [0.1, 0.15) is 12.8 Å². The van der Waals surface area contributed by atoms with Crippen LogP contribution in [0.15, 0.2) is 29.4 Å². The lowest BCUT2D eigenvalue weighted by atomic mass is 10.2. The van der Waals surface area contributed by atoms with E-state index < -0.39 is 34.5 Å². The summed E-state index contributed by atoms with van der Waals surface area (Å²) in [5.74, 6) is -1.82. The van der Waals surface area contributed by atoms with Crippen LogP contribution in [-0.2, 0) is 19.6 Å². The van der Waals surface area contributed by atoms with E-state index in [2.05, 4.69) is 10.3 Å². The van der Waals surface area contributed by atoms with Gasteiger partial charge in [-0.1, -0.05) is 0 Å². The van der Waals surface area contributed by atoms with E-state index in [0.717, 1.165) is 17.1 Å². The molecule has 1 aliphatic carbocycles. The number of carboxylic acids is 1. The van der Waals surface area contributed by atoms with E-state index in [1.54, 1.807) is 0 Å². The van der Waals surface area contributed by atoms with Crippen molar-refractivity contribution < 1.29 is 23.1 Å². The van der Waals surface area contributed by atoms with Crippen molar-refractivity contribution in [3.63, 3.8) is 0 Å². The van der Waals surface area contributed by atoms with Crippen LogP contribution < -0.4 is 5.32 Å². The van der Waals surface area contributed by atoms with Crippen LogP contribution in [0.2, 0.25) is 0 Å². The molecule has 1 amide bonds. The number of pyridine rings is 1. The molecule has 22 heavy (non-hydrogen) atoms. The van der Waals surface area contributed by atoms with E-state index in [-0.39, 0.29) is 10.8 Å². The van der Waals surface area contributed by atoms with Gasteiger partial charge in [-0.15, -0.1) is 0 Å². The molecule has 1 aromatic rings. The zero-order valence-electron chi connectivity index (χ0n) is 12.0. The molecule has 1 heterocycles. The van der Waals surface area contributed by atoms with Crippen molar-refractivity contribution in [2.75, 3.05) is 13.6 Å². The fourth-order valence-corrected chi connectivity index (χ4v) is 3.09. The number of likely N-dealkylation sites (N-methyl/N-ethyl adjacent to an activating group) is 1. The molecule has 2 N–H and O–H groups in total. The summed E-state index contributed by atoms with van der Waals surface area (Å²) in [6.07, 6.45) is 4.13. The van der Waals surface area contributed by atoms with Gasteiger partial charge in [0.15, 0.2) is 0 Å². The molecule has 0 aromatic carbocycles. The predicted molar refractivity (Wildman–Crippen MR) is 76.3 cm³/mol. The molecule has 0 bridgehead atoms. The second-order valence-corrected chi connectivity index (χ2v) is 7.22. The SMILES string of the molecule is CN(CC(=O)NC(C(=O)O)C1CC1)S(=O)(=O)c1cccnc1. The van der Waals surface area contributed by atoms with Crippen LogP contribution in [0.25, 0.3) is 0 Å². The smallest absolute Gasteiger partial charge is 0.326 e. The van der Waals surface area contributed by atoms with Gasteiger partial charge in [0.05, 0.1) is 6.54 Å². The molecule has 0 saturated heterocycles. The topological polar surface area (TPSA) is 117 Å². The molecule has 0 aliphatic heterocycles. The van der Waals surface area contributed by atoms with Gasteiger partial charge in [-0.25, -0.2) is 13.2 Å². The summed E-state index contributed by atoms with van der Waals surface area (Å²) in [7, 11) is -2.57. The molecular weight excluding hydrogens is 310 g/mol. The lowest BCUT2D eigenvalue weighted by Crippen LogP contribution is -2.47. The number of amides is 1. The molecule has 0 spiro atoms. The number of aliphatic carboxylic acids is 1. The summed E-state index contributed by atoms with van der Waals surface area (Å²) >= 11 is 0. The number of hydrogen-bond donors (Lipinski definition) is 2. The molecule has 9 heteroatoms. The first kappa shape index (κ1) is 16.4. The van der Waals surface area contributed by atoms with Crippen LogP contribution in [0.5, 0.6) is 0 Å². The summed E-state index contributed by atoms with van der Waals surface area (Å²) in [4.78, 5) is 26.7. The first-order valence-electron chi connectivity index (χ1n) is 6.71. The number of nitrogens with zero attached hydrogens (tertiary/aromatic N) is 2. The van der Waals surface area contributed by atoms with Crippen molar-refractivity contribution >= 4 is 21.9 Å². The second kappa shape index (κ2) is 6.41. The van der Waals surface area contributed by atoms with Gasteiger partial charge in [0.2, 0.25) is 15.9 Å². The molecule has 1 aromatic heterocycles. The van der Waals surface area contributed by atoms with Crippen LogP contribution in [0, 0.1) is 5.92 Å². The Bertz CT molecular complexity index is 658. The van der Waals surface area contributed by atoms with E-state index in [1.165, 1.54) is 31.6 Å². The van der Waals surface area contributed by atoms with Gasteiger partial charge >= 0.3 is 5.97 Å². The summed E-state index contributed by atoms with van der Waals surface area (Å²) in [5, 5.41) is 11.4. The van der Waals surface area contributed by atoms with Crippen molar-refractivity contribution in [2.24, 2.45) is 5.92 Å². The Morgan fingerprint density at radius 2 is 2.18 bits per heavy atom. The van der Waals surface area contributed by atoms with Gasteiger partial charge < -0.3 is 10.4 Å². The van der Waals surface area contributed by atoms with E-state index >= 15 is 0 Å². The summed E-state index contributed by atoms with van der Waals surface area (Å²) in [6.45, 7) is -0.451. The predicted octanol–water partition coefficient (Wildman–Crippen LogP) is -0.318. The first-order valence-corrected chi connectivity index (χ1v) is 8.15. The van der Waals surface area contributed by atoms with Crippen molar-refractivity contribution in [3.05, 3.63) is 24.5 Å². The van der Waals surface area contributed by atoms with E-state index in [9.17, 15) is 18.0 Å². The standard InChI is InChI=1S/C13H17N3O5S/c1-16(22(20,21)10-3-2-6-14-7-10)8-11(17)15-12(13(18)19)9-4-5-9/h2-3,6-7,9,12H,4-5,8H2,1H3,(H,15,17)(H,18,19). The van der Waals surface area contributed by atoms with E-state index in [0.29, 0.717) is 0 Å². The van der Waals surface area contributed by atoms with Crippen LogP contribution in [-0.4, -0.2) is 54.3 Å². The average molecular weight is 327 g/mol. The fourth-order valence-electron chi connectivity index (χ4n) is 2.00. The quantitative estimate of drug-likeness (QED) is 0.709. The third kappa shape index (κ3) is 3.80. The van der Waals surface area contributed by atoms with Crippen molar-refractivity contribution in [1.29, 1.82) is 0 Å². The van der Waals surface area contributed by atoms with Crippen molar-refractivity contribution in [2.45, 2.75) is 23.8 Å². The maximum Gasteiger partial charge on any atom is 0.326 e. The number of sulfonamides is 1. The van der Waals surface area contributed by atoms with E-state index in [4.69, 9.17) is 5.11 Å². The van der Waals surface area contributed by atoms with Crippen molar-refractivity contribution in [1.82, 2.24) is 14.6 Å². The number of carbonyl (C=O) groups is 2. The Morgan fingerprint density at radius 3 is 2.68 bits per heavy atom. The highest BCUT2D eigenvalue weighted by molar-refractivity contribution is 7.89. The van der Waals surface area contributed by atoms with Crippen LogP contribution in [0.4, 0.5) is 0 Å². The largest absolute Gasteiger partial charge is 0.480 e. The Hall–Kier alpha value is -2.00. The molecule has 1 fully saturated rings. The van der Waals surface area contributed by atoms with Crippen LogP contribution in [0.3, 0.4) is 0 Å². The normalized spacial score (nSPS) is 16.3. The highest BCUT2D eigenvalue weighted by atomic mass is 32.2. The molecule has 1 unspecified atom stereocenters. The Labute approximate surface area is 128 Å². The van der Waals surface area contributed by atoms with Crippen molar-refractivity contribution in [3.8, 4) is 0 Å². The molecule has 120 valence electrons. The Morgan fingerprint density at radius 1 is 1.50 bits per heavy atom. The average Bonchev–Trinajstić information content (AvgIpc) is 3.29. The highest BCUT2D eigenvalue weighted by Gasteiger charge is 2.37. The number of hydrogen-bond acceptors (Lipinski definition) is 5. The minimum Gasteiger partial charge on any atom is -0.480 e. The van der Waals surface area contributed by atoms with Gasteiger partial charge in [-0.3, -0.25) is 9.78 Å². The lowest BCUT2D eigenvalue weighted by molar-refractivity contribution is -0.142. The molecule has 1 saturated carbocycles. The maximum atomic E-state index is 12.2. The van der Waals surface area contributed by atoms with E-state index in [1.807, 2.05) is 0 Å². The van der Waals surface area contributed by atoms with Gasteiger partial charge in [-0.05, 0) is 30.9 Å². The molecule has 8 nitrogen and oxygen atoms in total. The molecule has 1 aliphatic rings. The monoisotopic (exact) mass is 327 g/mol. The van der Waals surface area contributed by atoms with Gasteiger partial charge in [0.1, 0.15) is 10.9 Å². The molecule has 2 rings (SSSR count). The summed E-state index contributed by atoms with van der Waals surface area (Å²) in [5.41, 5.74) is 0. The summed E-state index contributed by atoms with van der Waals surface area (Å²) in [6, 6.07) is 1.90. The summed E-state index contributed by atoms with van der Waals surface area (Å²) < 4.78 is 25.3. The third-order valence-corrected chi connectivity index (χ3v) is 5.17.